The van der Waals surface area contributed by atoms with E-state index in [9.17, 15) is 8.42 Å². The minimum atomic E-state index is -3.79. The molecule has 0 saturated heterocycles. The van der Waals surface area contributed by atoms with Gasteiger partial charge in [0.25, 0.3) is 10.0 Å². The van der Waals surface area contributed by atoms with Crippen LogP contribution in [-0.4, -0.2) is 25.1 Å². The van der Waals surface area contributed by atoms with Gasteiger partial charge in [0.15, 0.2) is 5.03 Å². The number of methoxy groups -OCH3 is 1. The number of halogens is 1. The van der Waals surface area contributed by atoms with Gasteiger partial charge in [-0.3, -0.25) is 0 Å². The highest BCUT2D eigenvalue weighted by Crippen LogP contribution is 2.26. The zero-order valence-electron chi connectivity index (χ0n) is 11.7. The molecule has 0 fully saturated rings. The summed E-state index contributed by atoms with van der Waals surface area (Å²) < 4.78 is 30.6. The van der Waals surface area contributed by atoms with E-state index in [1.807, 2.05) is 25.1 Å². The van der Waals surface area contributed by atoms with E-state index in [4.69, 9.17) is 9.88 Å². The molecule has 0 amide bonds. The quantitative estimate of drug-likeness (QED) is 0.866. The zero-order valence-corrected chi connectivity index (χ0v) is 14.1. The lowest BCUT2D eigenvalue weighted by atomic mass is 10.2. The number of hydrogen-bond donors (Lipinski definition) is 1. The van der Waals surface area contributed by atoms with Gasteiger partial charge in [0, 0.05) is 19.2 Å². The zero-order chi connectivity index (χ0) is 15.6. The van der Waals surface area contributed by atoms with E-state index in [1.54, 1.807) is 11.7 Å². The number of nitrogens with two attached hydrogens (primary N) is 1. The maximum Gasteiger partial charge on any atom is 0.257 e. The summed E-state index contributed by atoms with van der Waals surface area (Å²) in [6.07, 6.45) is 2.08. The van der Waals surface area contributed by atoms with Crippen molar-refractivity contribution in [2.75, 3.05) is 7.11 Å². The SMILES string of the molecule is CCc1nc(S(N)(=O)=O)cn1Cc1ccc(OC)c(Br)c1. The molecule has 0 aliphatic carbocycles. The third-order valence-corrected chi connectivity index (χ3v) is 4.41. The van der Waals surface area contributed by atoms with Crippen molar-refractivity contribution in [3.63, 3.8) is 0 Å². The third kappa shape index (κ3) is 3.63. The van der Waals surface area contributed by atoms with E-state index in [0.29, 0.717) is 18.8 Å². The van der Waals surface area contributed by atoms with Crippen molar-refractivity contribution in [3.05, 3.63) is 40.3 Å². The third-order valence-electron chi connectivity index (χ3n) is 3.01. The Morgan fingerprint density at radius 3 is 2.67 bits per heavy atom. The van der Waals surface area contributed by atoms with Gasteiger partial charge in [-0.05, 0) is 33.6 Å². The topological polar surface area (TPSA) is 87.2 Å². The number of rotatable bonds is 5. The van der Waals surface area contributed by atoms with Crippen molar-refractivity contribution in [3.8, 4) is 5.75 Å². The molecule has 0 aliphatic rings. The average Bonchev–Trinajstić information content (AvgIpc) is 2.82. The number of benzene rings is 1. The van der Waals surface area contributed by atoms with Crippen LogP contribution in [0.3, 0.4) is 0 Å². The first-order valence-electron chi connectivity index (χ1n) is 6.26. The molecular weight excluding hydrogens is 358 g/mol. The van der Waals surface area contributed by atoms with Crippen molar-refractivity contribution in [2.45, 2.75) is 24.9 Å². The highest BCUT2D eigenvalue weighted by atomic mass is 79.9. The maximum atomic E-state index is 11.4. The number of imidazole rings is 1. The summed E-state index contributed by atoms with van der Waals surface area (Å²) in [5.41, 5.74) is 0.996. The molecule has 0 atom stereocenters. The molecule has 0 aliphatic heterocycles. The van der Waals surface area contributed by atoms with Crippen LogP contribution in [0.5, 0.6) is 5.75 Å². The van der Waals surface area contributed by atoms with E-state index in [-0.39, 0.29) is 5.03 Å². The molecule has 6 nitrogen and oxygen atoms in total. The average molecular weight is 374 g/mol. The first kappa shape index (κ1) is 16.0. The Balaban J connectivity index is 2.35. The van der Waals surface area contributed by atoms with E-state index in [2.05, 4.69) is 20.9 Å². The molecule has 0 radical (unpaired) electrons. The molecule has 2 N–H and O–H groups in total. The largest absolute Gasteiger partial charge is 0.496 e. The first-order valence-corrected chi connectivity index (χ1v) is 8.60. The standard InChI is InChI=1S/C13H16BrN3O3S/c1-3-12-16-13(21(15,18)19)8-17(12)7-9-4-5-11(20-2)10(14)6-9/h4-6,8H,3,7H2,1-2H3,(H2,15,18,19). The Kier molecular flexibility index (Phi) is 4.70. The molecule has 2 rings (SSSR count). The number of aromatic nitrogens is 2. The highest BCUT2D eigenvalue weighted by Gasteiger charge is 2.15. The van der Waals surface area contributed by atoms with Crippen LogP contribution in [0.2, 0.25) is 0 Å². The fourth-order valence-corrected chi connectivity index (χ4v) is 3.08. The van der Waals surface area contributed by atoms with Crippen LogP contribution < -0.4 is 9.88 Å². The van der Waals surface area contributed by atoms with Gasteiger partial charge in [0.05, 0.1) is 11.6 Å². The van der Waals surface area contributed by atoms with Crippen LogP contribution >= 0.6 is 15.9 Å². The summed E-state index contributed by atoms with van der Waals surface area (Å²) in [7, 11) is -2.19. The van der Waals surface area contributed by atoms with E-state index >= 15 is 0 Å². The van der Waals surface area contributed by atoms with Gasteiger partial charge in [-0.25, -0.2) is 18.5 Å². The highest BCUT2D eigenvalue weighted by molar-refractivity contribution is 9.10. The second-order valence-corrected chi connectivity index (χ2v) is 6.85. The van der Waals surface area contributed by atoms with Crippen LogP contribution in [0.25, 0.3) is 0 Å². The van der Waals surface area contributed by atoms with Crippen molar-refractivity contribution in [1.82, 2.24) is 9.55 Å². The molecule has 0 unspecified atom stereocenters. The Bertz CT molecular complexity index is 756. The maximum absolute atomic E-state index is 11.4. The van der Waals surface area contributed by atoms with Gasteiger partial charge in [0.1, 0.15) is 11.6 Å². The first-order chi connectivity index (χ1) is 9.85. The lowest BCUT2D eigenvalue weighted by molar-refractivity contribution is 0.412. The van der Waals surface area contributed by atoms with Gasteiger partial charge in [-0.15, -0.1) is 0 Å². The number of aryl methyl sites for hydroxylation is 1. The summed E-state index contributed by atoms with van der Waals surface area (Å²) in [5.74, 6) is 1.41. The van der Waals surface area contributed by atoms with E-state index < -0.39 is 10.0 Å². The lowest BCUT2D eigenvalue weighted by Crippen LogP contribution is -2.12. The number of primary sulfonamides is 1. The minimum Gasteiger partial charge on any atom is -0.496 e. The molecular formula is C13H16BrN3O3S. The molecule has 1 aromatic carbocycles. The molecule has 0 spiro atoms. The summed E-state index contributed by atoms with van der Waals surface area (Å²) >= 11 is 3.43. The minimum absolute atomic E-state index is 0.105. The van der Waals surface area contributed by atoms with Gasteiger partial charge in [-0.1, -0.05) is 13.0 Å². The Labute approximate surface area is 132 Å². The summed E-state index contributed by atoms with van der Waals surface area (Å²) in [6.45, 7) is 2.42. The fraction of sp³-hybridized carbons (Fsp3) is 0.308. The fourth-order valence-electron chi connectivity index (χ4n) is 1.99. The number of ether oxygens (including phenoxy) is 1. The van der Waals surface area contributed by atoms with Crippen LogP contribution in [0.15, 0.2) is 33.9 Å². The summed E-state index contributed by atoms with van der Waals surface area (Å²) in [6, 6.07) is 5.69. The van der Waals surface area contributed by atoms with Crippen LogP contribution in [0.1, 0.15) is 18.3 Å². The molecule has 21 heavy (non-hydrogen) atoms. The number of sulfonamides is 1. The summed E-state index contributed by atoms with van der Waals surface area (Å²) in [5, 5.41) is 5.02. The van der Waals surface area contributed by atoms with Gasteiger partial charge >= 0.3 is 0 Å². The van der Waals surface area contributed by atoms with Crippen molar-refractivity contribution < 1.29 is 13.2 Å². The lowest BCUT2D eigenvalue weighted by Gasteiger charge is -2.09. The predicted molar refractivity (Wildman–Crippen MR) is 82.8 cm³/mol. The van der Waals surface area contributed by atoms with Crippen molar-refractivity contribution >= 4 is 26.0 Å². The normalized spacial score (nSPS) is 11.6. The smallest absolute Gasteiger partial charge is 0.257 e. The van der Waals surface area contributed by atoms with Gasteiger partial charge in [0.2, 0.25) is 0 Å². The Morgan fingerprint density at radius 2 is 2.14 bits per heavy atom. The second-order valence-electron chi connectivity index (χ2n) is 4.49. The molecule has 1 aromatic heterocycles. The molecule has 2 aromatic rings. The molecule has 0 bridgehead atoms. The van der Waals surface area contributed by atoms with Crippen LogP contribution in [0, 0.1) is 0 Å². The molecule has 8 heteroatoms. The van der Waals surface area contributed by atoms with Crippen molar-refractivity contribution in [1.29, 1.82) is 0 Å². The van der Waals surface area contributed by atoms with Crippen LogP contribution in [0.4, 0.5) is 0 Å². The number of hydrogen-bond acceptors (Lipinski definition) is 4. The van der Waals surface area contributed by atoms with Crippen LogP contribution in [-0.2, 0) is 23.0 Å². The predicted octanol–water partition coefficient (Wildman–Crippen LogP) is 1.91. The Hall–Kier alpha value is -1.38. The molecule has 114 valence electrons. The van der Waals surface area contributed by atoms with Crippen molar-refractivity contribution in [2.24, 2.45) is 5.14 Å². The van der Waals surface area contributed by atoms with E-state index in [0.717, 1.165) is 15.8 Å². The number of nitrogens with zero attached hydrogens (tertiary/aromatic N) is 2. The monoisotopic (exact) mass is 373 g/mol. The summed E-state index contributed by atoms with van der Waals surface area (Å²) in [4.78, 5) is 4.07. The Morgan fingerprint density at radius 1 is 1.43 bits per heavy atom. The second kappa shape index (κ2) is 6.17. The van der Waals surface area contributed by atoms with Gasteiger partial charge in [-0.2, -0.15) is 0 Å². The van der Waals surface area contributed by atoms with E-state index in [1.165, 1.54) is 6.20 Å². The molecule has 1 heterocycles. The molecule has 0 saturated carbocycles. The van der Waals surface area contributed by atoms with Gasteiger partial charge < -0.3 is 9.30 Å².